The number of nitrogens with zero attached hydrogens (tertiary/aromatic N) is 3. The third-order valence-electron chi connectivity index (χ3n) is 3.55. The lowest BCUT2D eigenvalue weighted by atomic mass is 9.86. The van der Waals surface area contributed by atoms with Crippen LogP contribution >= 0.6 is 11.6 Å². The molecule has 0 bridgehead atoms. The summed E-state index contributed by atoms with van der Waals surface area (Å²) in [7, 11) is 0. The maximum atomic E-state index is 10.5. The van der Waals surface area contributed by atoms with Crippen LogP contribution in [0.15, 0.2) is 36.7 Å². The summed E-state index contributed by atoms with van der Waals surface area (Å²) in [5, 5.41) is 11.2. The lowest BCUT2D eigenvalue weighted by Crippen LogP contribution is -2.58. The molecule has 2 heterocycles. The molecule has 1 aromatic carbocycles. The molecule has 1 N–H and O–H groups in total. The molecular weight excluding hydrogens is 274 g/mol. The van der Waals surface area contributed by atoms with Crippen LogP contribution in [0.2, 0.25) is 5.02 Å². The van der Waals surface area contributed by atoms with Gasteiger partial charge in [-0.15, -0.1) is 0 Å². The van der Waals surface area contributed by atoms with Gasteiger partial charge in [0, 0.05) is 30.5 Å². The number of β-amino-alcohol motifs (C(OH)–C–C–N with tert-alkyl or cyclic N) is 1. The van der Waals surface area contributed by atoms with E-state index in [4.69, 9.17) is 11.6 Å². The average Bonchev–Trinajstić information content (AvgIpc) is 2.40. The van der Waals surface area contributed by atoms with Crippen molar-refractivity contribution in [2.45, 2.75) is 19.1 Å². The van der Waals surface area contributed by atoms with Crippen LogP contribution in [-0.2, 0) is 12.1 Å². The van der Waals surface area contributed by atoms with E-state index in [9.17, 15) is 5.11 Å². The second-order valence-electron chi connectivity index (χ2n) is 5.36. The number of aromatic nitrogens is 2. The number of benzene rings is 1. The Morgan fingerprint density at radius 1 is 1.20 bits per heavy atom. The van der Waals surface area contributed by atoms with Crippen molar-refractivity contribution >= 4 is 11.6 Å². The molecule has 0 spiro atoms. The molecule has 0 radical (unpaired) electrons. The summed E-state index contributed by atoms with van der Waals surface area (Å²) in [4.78, 5) is 10.7. The van der Waals surface area contributed by atoms with Gasteiger partial charge in [0.2, 0.25) is 0 Å². The standard InChI is InChI=1S/C15H16ClN3O/c1-11-6-17-14(18-7-11)8-19-9-15(20,10-19)12-2-4-13(16)5-3-12/h2-7,20H,8-10H2,1H3. The largest absolute Gasteiger partial charge is 0.382 e. The van der Waals surface area contributed by atoms with E-state index in [1.807, 2.05) is 31.5 Å². The molecule has 5 heteroatoms. The second-order valence-corrected chi connectivity index (χ2v) is 5.80. The molecule has 0 unspecified atom stereocenters. The maximum absolute atomic E-state index is 10.5. The van der Waals surface area contributed by atoms with Crippen molar-refractivity contribution in [1.82, 2.24) is 14.9 Å². The highest BCUT2D eigenvalue weighted by atomic mass is 35.5. The lowest BCUT2D eigenvalue weighted by molar-refractivity contribution is -0.108. The van der Waals surface area contributed by atoms with E-state index >= 15 is 0 Å². The van der Waals surface area contributed by atoms with Crippen LogP contribution in [0.3, 0.4) is 0 Å². The molecule has 4 nitrogen and oxygen atoms in total. The zero-order valence-corrected chi connectivity index (χ0v) is 12.0. The van der Waals surface area contributed by atoms with E-state index in [1.54, 1.807) is 12.1 Å². The van der Waals surface area contributed by atoms with Crippen LogP contribution in [-0.4, -0.2) is 33.1 Å². The zero-order chi connectivity index (χ0) is 14.2. The first kappa shape index (κ1) is 13.5. The van der Waals surface area contributed by atoms with Crippen LogP contribution in [0.25, 0.3) is 0 Å². The first-order valence-electron chi connectivity index (χ1n) is 6.53. The number of likely N-dealkylation sites (tertiary alicyclic amines) is 1. The number of aryl methyl sites for hydroxylation is 1. The van der Waals surface area contributed by atoms with Crippen molar-refractivity contribution in [3.8, 4) is 0 Å². The molecular formula is C15H16ClN3O. The summed E-state index contributed by atoms with van der Waals surface area (Å²) in [5.74, 6) is 0.786. The Kier molecular flexibility index (Phi) is 3.46. The van der Waals surface area contributed by atoms with E-state index in [1.165, 1.54) is 0 Å². The molecule has 1 saturated heterocycles. The van der Waals surface area contributed by atoms with E-state index in [0.717, 1.165) is 17.0 Å². The van der Waals surface area contributed by atoms with Crippen LogP contribution in [0.4, 0.5) is 0 Å². The number of hydrogen-bond donors (Lipinski definition) is 1. The van der Waals surface area contributed by atoms with Crippen LogP contribution in [0, 0.1) is 6.92 Å². The van der Waals surface area contributed by atoms with Gasteiger partial charge in [0.05, 0.1) is 6.54 Å². The Balaban J connectivity index is 1.62. The van der Waals surface area contributed by atoms with Gasteiger partial charge >= 0.3 is 0 Å². The van der Waals surface area contributed by atoms with E-state index < -0.39 is 5.60 Å². The average molecular weight is 290 g/mol. The van der Waals surface area contributed by atoms with Gasteiger partial charge in [-0.2, -0.15) is 0 Å². The fourth-order valence-corrected chi connectivity index (χ4v) is 2.57. The second kappa shape index (κ2) is 5.13. The van der Waals surface area contributed by atoms with Crippen LogP contribution in [0.1, 0.15) is 17.0 Å². The Bertz CT molecular complexity index is 592. The third-order valence-corrected chi connectivity index (χ3v) is 3.80. The number of rotatable bonds is 3. The topological polar surface area (TPSA) is 49.2 Å². The molecule has 2 aromatic rings. The Morgan fingerprint density at radius 3 is 2.40 bits per heavy atom. The fourth-order valence-electron chi connectivity index (χ4n) is 2.45. The fraction of sp³-hybridized carbons (Fsp3) is 0.333. The van der Waals surface area contributed by atoms with Gasteiger partial charge in [0.25, 0.3) is 0 Å². The van der Waals surface area contributed by atoms with Gasteiger partial charge in [-0.1, -0.05) is 23.7 Å². The minimum absolute atomic E-state index is 0.589. The normalized spacial score (nSPS) is 17.8. The summed E-state index contributed by atoms with van der Waals surface area (Å²) in [6.07, 6.45) is 3.63. The van der Waals surface area contributed by atoms with E-state index in [-0.39, 0.29) is 0 Å². The first-order valence-corrected chi connectivity index (χ1v) is 6.91. The Morgan fingerprint density at radius 2 is 1.80 bits per heavy atom. The molecule has 0 atom stereocenters. The molecule has 104 valence electrons. The highest BCUT2D eigenvalue weighted by molar-refractivity contribution is 6.30. The number of aliphatic hydroxyl groups is 1. The first-order chi connectivity index (χ1) is 9.55. The molecule has 3 rings (SSSR count). The van der Waals surface area contributed by atoms with Gasteiger partial charge in [-0.05, 0) is 30.2 Å². The van der Waals surface area contributed by atoms with E-state index in [0.29, 0.717) is 24.7 Å². The quantitative estimate of drug-likeness (QED) is 0.940. The van der Waals surface area contributed by atoms with Crippen molar-refractivity contribution < 1.29 is 5.11 Å². The summed E-state index contributed by atoms with van der Waals surface area (Å²) in [6.45, 7) is 3.81. The van der Waals surface area contributed by atoms with E-state index in [2.05, 4.69) is 14.9 Å². The number of hydrogen-bond acceptors (Lipinski definition) is 4. The summed E-state index contributed by atoms with van der Waals surface area (Å²) >= 11 is 5.86. The van der Waals surface area contributed by atoms with Crippen molar-refractivity contribution in [1.29, 1.82) is 0 Å². The van der Waals surface area contributed by atoms with Gasteiger partial charge in [0.15, 0.2) is 0 Å². The highest BCUT2D eigenvalue weighted by Crippen LogP contribution is 2.33. The predicted molar refractivity (Wildman–Crippen MR) is 77.4 cm³/mol. The SMILES string of the molecule is Cc1cnc(CN2CC(O)(c3ccc(Cl)cc3)C2)nc1. The van der Waals surface area contributed by atoms with Crippen LogP contribution < -0.4 is 0 Å². The van der Waals surface area contributed by atoms with Gasteiger partial charge in [-0.3, -0.25) is 4.90 Å². The smallest absolute Gasteiger partial charge is 0.142 e. The molecule has 20 heavy (non-hydrogen) atoms. The molecule has 1 aliphatic rings. The number of halogens is 1. The van der Waals surface area contributed by atoms with Crippen LogP contribution in [0.5, 0.6) is 0 Å². The van der Waals surface area contributed by atoms with Crippen molar-refractivity contribution in [3.63, 3.8) is 0 Å². The molecule has 0 saturated carbocycles. The summed E-state index contributed by atoms with van der Waals surface area (Å²) < 4.78 is 0. The zero-order valence-electron chi connectivity index (χ0n) is 11.3. The van der Waals surface area contributed by atoms with Gasteiger partial charge < -0.3 is 5.11 Å². The van der Waals surface area contributed by atoms with Gasteiger partial charge in [0.1, 0.15) is 11.4 Å². The third kappa shape index (κ3) is 2.68. The minimum atomic E-state index is -0.782. The van der Waals surface area contributed by atoms with Crippen molar-refractivity contribution in [3.05, 3.63) is 58.6 Å². The molecule has 1 fully saturated rings. The summed E-state index contributed by atoms with van der Waals surface area (Å²) in [6, 6.07) is 7.37. The Hall–Kier alpha value is -1.49. The lowest BCUT2D eigenvalue weighted by Gasteiger charge is -2.46. The minimum Gasteiger partial charge on any atom is -0.382 e. The monoisotopic (exact) mass is 289 g/mol. The summed E-state index contributed by atoms with van der Waals surface area (Å²) in [5.41, 5.74) is 1.17. The molecule has 0 amide bonds. The predicted octanol–water partition coefficient (Wildman–Crippen LogP) is 2.14. The Labute approximate surface area is 123 Å². The molecule has 1 aromatic heterocycles. The molecule has 0 aliphatic carbocycles. The van der Waals surface area contributed by atoms with Gasteiger partial charge in [-0.25, -0.2) is 9.97 Å². The van der Waals surface area contributed by atoms with Crippen molar-refractivity contribution in [2.75, 3.05) is 13.1 Å². The van der Waals surface area contributed by atoms with Crippen molar-refractivity contribution in [2.24, 2.45) is 0 Å². The molecule has 1 aliphatic heterocycles. The maximum Gasteiger partial charge on any atom is 0.142 e. The highest BCUT2D eigenvalue weighted by Gasteiger charge is 2.42.